The third-order valence-electron chi connectivity index (χ3n) is 5.66. The van der Waals surface area contributed by atoms with E-state index in [1.165, 1.54) is 11.3 Å². The lowest BCUT2D eigenvalue weighted by Gasteiger charge is -2.26. The van der Waals surface area contributed by atoms with Crippen molar-refractivity contribution in [1.29, 1.82) is 0 Å². The normalized spacial score (nSPS) is 15.5. The van der Waals surface area contributed by atoms with Crippen LogP contribution in [0.3, 0.4) is 0 Å². The van der Waals surface area contributed by atoms with Crippen molar-refractivity contribution in [2.75, 3.05) is 27.1 Å². The van der Waals surface area contributed by atoms with Gasteiger partial charge < -0.3 is 14.2 Å². The van der Waals surface area contributed by atoms with Crippen molar-refractivity contribution >= 4 is 35.1 Å². The van der Waals surface area contributed by atoms with Gasteiger partial charge in [-0.2, -0.15) is 0 Å². The first-order chi connectivity index (χ1) is 16.9. The van der Waals surface area contributed by atoms with Gasteiger partial charge in [-0.1, -0.05) is 23.5 Å². The molecule has 2 aromatic carbocycles. The van der Waals surface area contributed by atoms with Gasteiger partial charge >= 0.3 is 5.97 Å². The van der Waals surface area contributed by atoms with Crippen LogP contribution in [0.15, 0.2) is 68.4 Å². The van der Waals surface area contributed by atoms with Crippen LogP contribution in [0.1, 0.15) is 31.0 Å². The second-order valence-electron chi connectivity index (χ2n) is 7.68. The summed E-state index contributed by atoms with van der Waals surface area (Å²) < 4.78 is 18.5. The van der Waals surface area contributed by atoms with Crippen molar-refractivity contribution in [2.45, 2.75) is 24.8 Å². The molecule has 3 aromatic rings. The summed E-state index contributed by atoms with van der Waals surface area (Å²) in [6.07, 6.45) is 3.86. The average Bonchev–Trinajstić information content (AvgIpc) is 3.17. The van der Waals surface area contributed by atoms with Crippen LogP contribution in [-0.2, 0) is 9.53 Å². The summed E-state index contributed by atoms with van der Waals surface area (Å²) in [5, 5.41) is 0. The van der Waals surface area contributed by atoms with Gasteiger partial charge in [0.05, 0.1) is 36.6 Å². The van der Waals surface area contributed by atoms with Crippen molar-refractivity contribution in [3.63, 3.8) is 0 Å². The molecule has 0 fully saturated rings. The van der Waals surface area contributed by atoms with E-state index in [0.717, 1.165) is 10.5 Å². The third-order valence-corrected chi connectivity index (χ3v) is 7.39. The highest BCUT2D eigenvalue weighted by Gasteiger charge is 2.35. The molecule has 0 amide bonds. The van der Waals surface area contributed by atoms with Crippen LogP contribution in [0, 0.1) is 0 Å². The lowest BCUT2D eigenvalue weighted by atomic mass is 9.94. The maximum Gasteiger partial charge on any atom is 0.338 e. The van der Waals surface area contributed by atoms with Gasteiger partial charge in [0.25, 0.3) is 5.56 Å². The van der Waals surface area contributed by atoms with Gasteiger partial charge in [0.1, 0.15) is 17.5 Å². The number of methoxy groups -OCH3 is 2. The maximum atomic E-state index is 13.7. The number of aromatic nitrogens is 1. The number of thioether (sulfide) groups is 1. The fourth-order valence-corrected chi connectivity index (χ4v) is 5.45. The highest BCUT2D eigenvalue weighted by molar-refractivity contribution is 7.98. The zero-order valence-corrected chi connectivity index (χ0v) is 21.8. The number of carbonyl (C=O) groups excluding carboxylic acids is 1. The van der Waals surface area contributed by atoms with Crippen LogP contribution in [-0.4, -0.2) is 37.6 Å². The topological polar surface area (TPSA) is 79.1 Å². The number of esters is 1. The second kappa shape index (κ2) is 10.5. The quantitative estimate of drug-likeness (QED) is 0.357. The standard InChI is InChI=1S/C26H26N2O5S2/c1-6-33-25(30)22-15(2)27-26-28(23(22)19-14-17(31-3)9-12-20(19)32-4)24(29)21(35-26)13-16-7-10-18(34-5)11-8-16/h7-14,23H,6H2,1-5H3/b21-13-/t23-/m0/s1. The molecular formula is C26H26N2O5S2. The Balaban J connectivity index is 1.98. The number of hydrogen-bond acceptors (Lipinski definition) is 8. The summed E-state index contributed by atoms with van der Waals surface area (Å²) in [5.41, 5.74) is 2.06. The zero-order chi connectivity index (χ0) is 25.1. The lowest BCUT2D eigenvalue weighted by molar-refractivity contribution is -0.139. The first kappa shape index (κ1) is 24.8. The fourth-order valence-electron chi connectivity index (χ4n) is 3.99. The number of fused-ring (bicyclic) bond motifs is 1. The van der Waals surface area contributed by atoms with Gasteiger partial charge in [0.15, 0.2) is 4.80 Å². The van der Waals surface area contributed by atoms with Gasteiger partial charge in [0.2, 0.25) is 0 Å². The van der Waals surface area contributed by atoms with Crippen molar-refractivity contribution in [1.82, 2.24) is 4.57 Å². The van der Waals surface area contributed by atoms with E-state index in [9.17, 15) is 9.59 Å². The molecule has 0 saturated heterocycles. The maximum absolute atomic E-state index is 13.7. The Morgan fingerprint density at radius 3 is 2.54 bits per heavy atom. The minimum absolute atomic E-state index is 0.202. The molecule has 0 radical (unpaired) electrons. The van der Waals surface area contributed by atoms with E-state index in [4.69, 9.17) is 14.2 Å². The number of carbonyl (C=O) groups is 1. The zero-order valence-electron chi connectivity index (χ0n) is 20.2. The molecule has 35 heavy (non-hydrogen) atoms. The Morgan fingerprint density at radius 1 is 1.17 bits per heavy atom. The summed E-state index contributed by atoms with van der Waals surface area (Å²) in [4.78, 5) is 33.1. The number of allylic oxidation sites excluding steroid dienone is 1. The van der Waals surface area contributed by atoms with Crippen LogP contribution in [0.2, 0.25) is 0 Å². The van der Waals surface area contributed by atoms with Crippen LogP contribution in [0.5, 0.6) is 11.5 Å². The molecular weight excluding hydrogens is 484 g/mol. The van der Waals surface area contributed by atoms with E-state index in [1.54, 1.807) is 62.6 Å². The van der Waals surface area contributed by atoms with E-state index in [-0.39, 0.29) is 12.2 Å². The molecule has 0 saturated carbocycles. The first-order valence-corrected chi connectivity index (χ1v) is 13.0. The molecule has 1 aliphatic rings. The Kier molecular flexibility index (Phi) is 7.47. The summed E-state index contributed by atoms with van der Waals surface area (Å²) in [7, 11) is 3.11. The monoisotopic (exact) mass is 510 g/mol. The van der Waals surface area contributed by atoms with Crippen molar-refractivity contribution in [3.8, 4) is 11.5 Å². The largest absolute Gasteiger partial charge is 0.497 e. The number of benzene rings is 2. The molecule has 9 heteroatoms. The Hall–Kier alpha value is -3.30. The fraction of sp³-hybridized carbons (Fsp3) is 0.269. The van der Waals surface area contributed by atoms with Gasteiger partial charge in [0, 0.05) is 10.5 Å². The number of thiazole rings is 1. The third kappa shape index (κ3) is 4.78. The first-order valence-electron chi connectivity index (χ1n) is 11.0. The van der Waals surface area contributed by atoms with Crippen molar-refractivity contribution in [3.05, 3.63) is 84.5 Å². The van der Waals surface area contributed by atoms with Gasteiger partial charge in [-0.25, -0.2) is 9.79 Å². The highest BCUT2D eigenvalue weighted by Crippen LogP contribution is 2.37. The van der Waals surface area contributed by atoms with Crippen LogP contribution in [0.25, 0.3) is 6.08 Å². The molecule has 2 heterocycles. The van der Waals surface area contributed by atoms with Gasteiger partial charge in [-0.3, -0.25) is 9.36 Å². The summed E-state index contributed by atoms with van der Waals surface area (Å²) >= 11 is 2.94. The SMILES string of the molecule is CCOC(=O)C1=C(C)N=c2s/c(=C\c3ccc(SC)cc3)c(=O)n2[C@H]1c1cc(OC)ccc1OC. The number of rotatable bonds is 7. The number of hydrogen-bond donors (Lipinski definition) is 0. The van der Waals surface area contributed by atoms with E-state index in [2.05, 4.69) is 4.99 Å². The van der Waals surface area contributed by atoms with E-state index in [0.29, 0.717) is 37.7 Å². The molecule has 0 aliphatic carbocycles. The summed E-state index contributed by atoms with van der Waals surface area (Å²) in [5.74, 6) is 0.578. The minimum Gasteiger partial charge on any atom is -0.497 e. The van der Waals surface area contributed by atoms with E-state index < -0.39 is 12.0 Å². The van der Waals surface area contributed by atoms with Gasteiger partial charge in [-0.05, 0) is 62.1 Å². The summed E-state index contributed by atoms with van der Waals surface area (Å²) in [6.45, 7) is 3.70. The molecule has 0 N–H and O–H groups in total. The molecule has 1 atom stereocenters. The number of ether oxygens (including phenoxy) is 3. The molecule has 1 aromatic heterocycles. The molecule has 1 aliphatic heterocycles. The van der Waals surface area contributed by atoms with Crippen LogP contribution >= 0.6 is 23.1 Å². The predicted octanol–water partition coefficient (Wildman–Crippen LogP) is 3.54. The Morgan fingerprint density at radius 2 is 1.91 bits per heavy atom. The molecule has 7 nitrogen and oxygen atoms in total. The Labute approximate surface area is 211 Å². The lowest BCUT2D eigenvalue weighted by Crippen LogP contribution is -2.40. The van der Waals surface area contributed by atoms with Gasteiger partial charge in [-0.15, -0.1) is 11.8 Å². The van der Waals surface area contributed by atoms with Crippen LogP contribution < -0.4 is 24.4 Å². The second-order valence-corrected chi connectivity index (χ2v) is 9.57. The highest BCUT2D eigenvalue weighted by atomic mass is 32.2. The van der Waals surface area contributed by atoms with E-state index in [1.807, 2.05) is 36.6 Å². The minimum atomic E-state index is -0.781. The molecule has 0 spiro atoms. The summed E-state index contributed by atoms with van der Waals surface area (Å²) in [6, 6.07) is 12.5. The molecule has 0 unspecified atom stereocenters. The predicted molar refractivity (Wildman–Crippen MR) is 138 cm³/mol. The van der Waals surface area contributed by atoms with Crippen molar-refractivity contribution < 1.29 is 19.0 Å². The molecule has 4 rings (SSSR count). The Bertz CT molecular complexity index is 1470. The van der Waals surface area contributed by atoms with Crippen LogP contribution in [0.4, 0.5) is 0 Å². The van der Waals surface area contributed by atoms with Crippen molar-refractivity contribution in [2.24, 2.45) is 4.99 Å². The molecule has 0 bridgehead atoms. The average molecular weight is 511 g/mol. The van der Waals surface area contributed by atoms with E-state index >= 15 is 0 Å². The molecule has 182 valence electrons. The smallest absolute Gasteiger partial charge is 0.338 e. The number of nitrogens with zero attached hydrogens (tertiary/aromatic N) is 2.